The van der Waals surface area contributed by atoms with Gasteiger partial charge in [-0.3, -0.25) is 33.6 Å². The first kappa shape index (κ1) is 35.6. The van der Waals surface area contributed by atoms with Crippen molar-refractivity contribution in [3.05, 3.63) is 70.5 Å². The van der Waals surface area contributed by atoms with Crippen molar-refractivity contribution in [3.63, 3.8) is 0 Å². The number of likely N-dealkylation sites (tertiary alicyclic amines) is 1. The molecule has 7 heterocycles. The summed E-state index contributed by atoms with van der Waals surface area (Å²) < 4.78 is 5.19. The maximum absolute atomic E-state index is 13.6. The SMILES string of the molecule is CN(C)C(=O)c1cc2cnc(Nc3ccc(C(=O)N4CCC5(CC4)CN(c4cccc6c4n(C)c(=O)n6C4CCC(=O)NC4=O)C5)cn3)nc2n1C1CCCC1. The van der Waals surface area contributed by atoms with Gasteiger partial charge in [0.25, 0.3) is 11.8 Å². The van der Waals surface area contributed by atoms with Crippen molar-refractivity contribution >= 4 is 63.1 Å². The standard InChI is InChI=1S/C40H45N11O5/c1-46(2)37(55)30-19-25-21-42-38(45-34(25)50(30)26-7-4-5-8-26)43-31-13-11-24(20-41-31)36(54)48-17-15-40(16-18-48)22-49(23-40)27-9-6-10-28-33(27)47(3)39(56)51(28)29-12-14-32(52)44-35(29)53/h6,9-11,13,19-21,26,29H,4-5,7-8,12,14-18,22-23H2,1-3H3,(H,44,52,53)(H,41,42,43,45). The molecular formula is C40H45N11O5. The predicted molar refractivity (Wildman–Crippen MR) is 209 cm³/mol. The highest BCUT2D eigenvalue weighted by molar-refractivity contribution is 6.01. The smallest absolute Gasteiger partial charge is 0.329 e. The lowest BCUT2D eigenvalue weighted by atomic mass is 9.71. The lowest BCUT2D eigenvalue weighted by Gasteiger charge is -2.55. The van der Waals surface area contributed by atoms with Gasteiger partial charge >= 0.3 is 5.69 Å². The number of carbonyl (C=O) groups is 4. The summed E-state index contributed by atoms with van der Waals surface area (Å²) in [5.41, 5.74) is 4.01. The topological polar surface area (TPSA) is 173 Å². The van der Waals surface area contributed by atoms with E-state index in [0.717, 1.165) is 73.9 Å². The number of benzene rings is 1. The van der Waals surface area contributed by atoms with Gasteiger partial charge in [-0.15, -0.1) is 0 Å². The largest absolute Gasteiger partial charge is 0.369 e. The molecule has 16 nitrogen and oxygen atoms in total. The van der Waals surface area contributed by atoms with E-state index in [1.807, 2.05) is 29.2 Å². The monoisotopic (exact) mass is 759 g/mol. The molecule has 1 atom stereocenters. The Morgan fingerprint density at radius 3 is 2.41 bits per heavy atom. The van der Waals surface area contributed by atoms with Gasteiger partial charge in [0.2, 0.25) is 17.8 Å². The van der Waals surface area contributed by atoms with Gasteiger partial charge in [0, 0.05) is 83.0 Å². The van der Waals surface area contributed by atoms with E-state index >= 15 is 0 Å². The first-order chi connectivity index (χ1) is 27.0. The first-order valence-corrected chi connectivity index (χ1v) is 19.4. The number of imidazole rings is 1. The van der Waals surface area contributed by atoms with Crippen LogP contribution < -0.4 is 21.2 Å². The number of imide groups is 1. The van der Waals surface area contributed by atoms with Gasteiger partial charge in [0.05, 0.1) is 22.3 Å². The van der Waals surface area contributed by atoms with Crippen LogP contribution in [0.3, 0.4) is 0 Å². The molecule has 1 aromatic carbocycles. The molecule has 16 heteroatoms. The number of hydrogen-bond donors (Lipinski definition) is 2. The van der Waals surface area contributed by atoms with Gasteiger partial charge < -0.3 is 24.6 Å². The zero-order chi connectivity index (χ0) is 38.9. The van der Waals surface area contributed by atoms with Gasteiger partial charge in [-0.1, -0.05) is 18.9 Å². The number of anilines is 3. The molecule has 0 bridgehead atoms. The second-order valence-electron chi connectivity index (χ2n) is 16.0. The Labute approximate surface area is 322 Å². The van der Waals surface area contributed by atoms with Crippen LogP contribution in [0.2, 0.25) is 0 Å². The molecule has 3 aliphatic heterocycles. The summed E-state index contributed by atoms with van der Waals surface area (Å²) in [5, 5.41) is 6.37. The molecule has 1 aliphatic carbocycles. The lowest BCUT2D eigenvalue weighted by molar-refractivity contribution is -0.135. The minimum Gasteiger partial charge on any atom is -0.369 e. The number of para-hydroxylation sites is 1. The highest BCUT2D eigenvalue weighted by Crippen LogP contribution is 2.44. The van der Waals surface area contributed by atoms with E-state index in [9.17, 15) is 24.0 Å². The van der Waals surface area contributed by atoms with E-state index in [1.165, 1.54) is 4.57 Å². The van der Waals surface area contributed by atoms with Crippen molar-refractivity contribution in [2.45, 2.75) is 63.5 Å². The Morgan fingerprint density at radius 2 is 1.71 bits per heavy atom. The highest BCUT2D eigenvalue weighted by atomic mass is 16.2. The summed E-state index contributed by atoms with van der Waals surface area (Å²) in [6, 6.07) is 10.7. The van der Waals surface area contributed by atoms with E-state index in [1.54, 1.807) is 55.1 Å². The van der Waals surface area contributed by atoms with E-state index in [0.29, 0.717) is 41.6 Å². The average molecular weight is 760 g/mol. The Hall–Kier alpha value is -6.06. The molecule has 3 saturated heterocycles. The number of aromatic nitrogens is 6. The van der Waals surface area contributed by atoms with Crippen LogP contribution in [0.5, 0.6) is 0 Å². The molecule has 9 rings (SSSR count). The third kappa shape index (κ3) is 5.98. The summed E-state index contributed by atoms with van der Waals surface area (Å²) in [6.45, 7) is 2.88. The fourth-order valence-corrected chi connectivity index (χ4v) is 9.22. The molecule has 5 aromatic rings. The second-order valence-corrected chi connectivity index (χ2v) is 16.0. The van der Waals surface area contributed by atoms with Crippen LogP contribution in [0.15, 0.2) is 53.6 Å². The molecule has 4 aromatic heterocycles. The summed E-state index contributed by atoms with van der Waals surface area (Å²) in [4.78, 5) is 84.2. The number of carbonyl (C=O) groups excluding carboxylic acids is 4. The van der Waals surface area contributed by atoms with Gasteiger partial charge in [0.15, 0.2) is 0 Å². The first-order valence-electron chi connectivity index (χ1n) is 19.4. The van der Waals surface area contributed by atoms with E-state index in [4.69, 9.17) is 4.98 Å². The van der Waals surface area contributed by atoms with Crippen LogP contribution in [-0.2, 0) is 16.6 Å². The van der Waals surface area contributed by atoms with Crippen molar-refractivity contribution in [2.75, 3.05) is 50.5 Å². The molecule has 2 N–H and O–H groups in total. The fourth-order valence-electron chi connectivity index (χ4n) is 9.22. The minimum atomic E-state index is -0.731. The summed E-state index contributed by atoms with van der Waals surface area (Å²) >= 11 is 0. The minimum absolute atomic E-state index is 0.0604. The number of amides is 4. The van der Waals surface area contributed by atoms with E-state index < -0.39 is 11.9 Å². The van der Waals surface area contributed by atoms with E-state index in [-0.39, 0.29) is 47.7 Å². The van der Waals surface area contributed by atoms with Crippen LogP contribution in [-0.4, -0.2) is 102 Å². The highest BCUT2D eigenvalue weighted by Gasteiger charge is 2.46. The maximum atomic E-state index is 13.6. The van der Waals surface area contributed by atoms with Crippen molar-refractivity contribution in [1.29, 1.82) is 0 Å². The quantitative estimate of drug-likeness (QED) is 0.233. The zero-order valence-electron chi connectivity index (χ0n) is 31.8. The van der Waals surface area contributed by atoms with E-state index in [2.05, 4.69) is 30.1 Å². The van der Waals surface area contributed by atoms with Crippen LogP contribution in [0, 0.1) is 5.41 Å². The molecule has 56 heavy (non-hydrogen) atoms. The number of piperidine rings is 2. The molecule has 1 spiro atoms. The molecule has 4 aliphatic rings. The maximum Gasteiger partial charge on any atom is 0.329 e. The molecule has 0 radical (unpaired) electrons. The number of fused-ring (bicyclic) bond motifs is 2. The Balaban J connectivity index is 0.845. The predicted octanol–water partition coefficient (Wildman–Crippen LogP) is 3.76. The number of rotatable bonds is 7. The normalized spacial score (nSPS) is 19.8. The van der Waals surface area contributed by atoms with Crippen LogP contribution in [0.1, 0.15) is 84.3 Å². The lowest BCUT2D eigenvalue weighted by Crippen LogP contribution is -2.61. The molecular weight excluding hydrogens is 715 g/mol. The van der Waals surface area contributed by atoms with Gasteiger partial charge in [0.1, 0.15) is 23.2 Å². The number of hydrogen-bond acceptors (Lipinski definition) is 10. The molecule has 1 saturated carbocycles. The van der Waals surface area contributed by atoms with Crippen molar-refractivity contribution < 1.29 is 19.2 Å². The van der Waals surface area contributed by atoms with Crippen molar-refractivity contribution in [2.24, 2.45) is 12.5 Å². The summed E-state index contributed by atoms with van der Waals surface area (Å²) in [6.07, 6.45) is 9.76. The number of aryl methyl sites for hydroxylation is 1. The molecule has 1 unspecified atom stereocenters. The van der Waals surface area contributed by atoms with Gasteiger partial charge in [-0.25, -0.2) is 14.8 Å². The zero-order valence-corrected chi connectivity index (χ0v) is 31.8. The average Bonchev–Trinajstić information content (AvgIpc) is 3.91. The van der Waals surface area contributed by atoms with Crippen LogP contribution in [0.25, 0.3) is 22.1 Å². The van der Waals surface area contributed by atoms with Gasteiger partial charge in [-0.05, 0) is 62.4 Å². The third-order valence-corrected chi connectivity index (χ3v) is 12.2. The Bertz CT molecular complexity index is 2460. The van der Waals surface area contributed by atoms with Crippen molar-refractivity contribution in [1.82, 2.24) is 43.8 Å². The Morgan fingerprint density at radius 1 is 0.946 bits per heavy atom. The Kier molecular flexibility index (Phi) is 8.65. The molecule has 4 fully saturated rings. The van der Waals surface area contributed by atoms with Crippen molar-refractivity contribution in [3.8, 4) is 0 Å². The number of nitrogens with one attached hydrogen (secondary N) is 2. The number of nitrogens with zero attached hydrogens (tertiary/aromatic N) is 9. The number of pyridine rings is 1. The fraction of sp³-hybridized carbons (Fsp3) is 0.450. The summed E-state index contributed by atoms with van der Waals surface area (Å²) in [5.74, 6) is -0.00884. The van der Waals surface area contributed by atoms with Gasteiger partial charge in [-0.2, -0.15) is 4.98 Å². The third-order valence-electron chi connectivity index (χ3n) is 12.2. The second kappa shape index (κ2) is 13.6. The summed E-state index contributed by atoms with van der Waals surface area (Å²) in [7, 11) is 5.23. The molecule has 290 valence electrons. The van der Waals surface area contributed by atoms with Crippen LogP contribution in [0.4, 0.5) is 17.5 Å². The molecule has 4 amide bonds. The van der Waals surface area contributed by atoms with Crippen LogP contribution >= 0.6 is 0 Å².